The molecular formula is C61H40N2. The Morgan fingerprint density at radius 2 is 0.651 bits per heavy atom. The molecule has 0 aliphatic heterocycles. The molecule has 0 bridgehead atoms. The zero-order valence-electron chi connectivity index (χ0n) is 34.5. The number of fused-ring (bicyclic) bond motifs is 9. The Bertz CT molecular complexity index is 3660. The monoisotopic (exact) mass is 800 g/mol. The molecule has 0 atom stereocenters. The maximum absolute atomic E-state index is 2.51. The molecule has 10 aromatic carbocycles. The molecule has 0 saturated carbocycles. The van der Waals surface area contributed by atoms with Gasteiger partial charge in [0.25, 0.3) is 0 Å². The maximum Gasteiger partial charge on any atom is 0.0714 e. The van der Waals surface area contributed by atoms with E-state index in [0.717, 1.165) is 11.4 Å². The van der Waals surface area contributed by atoms with Crippen molar-refractivity contribution in [1.29, 1.82) is 0 Å². The summed E-state index contributed by atoms with van der Waals surface area (Å²) in [7, 11) is 0. The molecular weight excluding hydrogens is 761 g/mol. The summed E-state index contributed by atoms with van der Waals surface area (Å²) in [5.41, 5.74) is 19.2. The highest BCUT2D eigenvalue weighted by atomic mass is 15.0. The van der Waals surface area contributed by atoms with Gasteiger partial charge in [0.1, 0.15) is 0 Å². The van der Waals surface area contributed by atoms with E-state index in [1.807, 2.05) is 0 Å². The summed E-state index contributed by atoms with van der Waals surface area (Å²) in [6.07, 6.45) is 0. The van der Waals surface area contributed by atoms with Gasteiger partial charge >= 0.3 is 0 Å². The van der Waals surface area contributed by atoms with Gasteiger partial charge < -0.3 is 9.13 Å². The van der Waals surface area contributed by atoms with Crippen molar-refractivity contribution in [2.45, 2.75) is 5.41 Å². The van der Waals surface area contributed by atoms with Crippen LogP contribution < -0.4 is 0 Å². The van der Waals surface area contributed by atoms with Gasteiger partial charge in [-0.25, -0.2) is 0 Å². The molecule has 0 N–H and O–H groups in total. The Morgan fingerprint density at radius 1 is 0.254 bits per heavy atom. The highest BCUT2D eigenvalue weighted by Gasteiger charge is 2.46. The molecule has 1 aliphatic carbocycles. The van der Waals surface area contributed by atoms with Gasteiger partial charge in [0.2, 0.25) is 0 Å². The quantitative estimate of drug-likeness (QED) is 0.159. The van der Waals surface area contributed by atoms with Crippen molar-refractivity contribution in [2.75, 3.05) is 0 Å². The highest BCUT2D eigenvalue weighted by Crippen LogP contribution is 2.57. The van der Waals surface area contributed by atoms with Crippen molar-refractivity contribution in [3.63, 3.8) is 0 Å². The lowest BCUT2D eigenvalue weighted by Gasteiger charge is -2.34. The molecule has 2 heterocycles. The first-order valence-electron chi connectivity index (χ1n) is 21.8. The van der Waals surface area contributed by atoms with Crippen LogP contribution in [0.5, 0.6) is 0 Å². The topological polar surface area (TPSA) is 9.86 Å². The molecule has 0 radical (unpaired) electrons. The molecule has 0 saturated heterocycles. The van der Waals surface area contributed by atoms with Gasteiger partial charge in [-0.15, -0.1) is 0 Å². The third-order valence-corrected chi connectivity index (χ3v) is 13.6. The minimum Gasteiger partial charge on any atom is -0.309 e. The SMILES string of the molecule is c1ccc(-c2ccc3c(c2)c2cc(-c4ccc5c(c4)c4cc6c(cc4n5-c4ccccc4)C(c4ccccc4)(c4ccccc4)c4ccccc4-6)ccc2n3-c2ccccc2)cc1. The van der Waals surface area contributed by atoms with Crippen LogP contribution in [0.15, 0.2) is 243 Å². The minimum absolute atomic E-state index is 0.486. The van der Waals surface area contributed by atoms with Gasteiger partial charge in [0.15, 0.2) is 0 Å². The molecule has 1 aliphatic rings. The normalized spacial score (nSPS) is 12.9. The van der Waals surface area contributed by atoms with E-state index in [4.69, 9.17) is 0 Å². The third kappa shape index (κ3) is 5.25. The fourth-order valence-corrected chi connectivity index (χ4v) is 10.9. The van der Waals surface area contributed by atoms with Crippen LogP contribution in [0, 0.1) is 0 Å². The van der Waals surface area contributed by atoms with Crippen LogP contribution in [-0.4, -0.2) is 9.13 Å². The third-order valence-electron chi connectivity index (χ3n) is 13.6. The summed E-state index contributed by atoms with van der Waals surface area (Å²) in [6, 6.07) is 89.6. The van der Waals surface area contributed by atoms with E-state index < -0.39 is 5.41 Å². The predicted molar refractivity (Wildman–Crippen MR) is 263 cm³/mol. The Labute approximate surface area is 366 Å². The lowest BCUT2D eigenvalue weighted by molar-refractivity contribution is 0.769. The number of para-hydroxylation sites is 2. The van der Waals surface area contributed by atoms with Crippen molar-refractivity contribution < 1.29 is 0 Å². The number of benzene rings is 10. The molecule has 63 heavy (non-hydrogen) atoms. The molecule has 2 heteroatoms. The fraction of sp³-hybridized carbons (Fsp3) is 0.0164. The summed E-state index contributed by atoms with van der Waals surface area (Å²) >= 11 is 0. The number of aromatic nitrogens is 2. The summed E-state index contributed by atoms with van der Waals surface area (Å²) < 4.78 is 4.88. The molecule has 12 aromatic rings. The summed E-state index contributed by atoms with van der Waals surface area (Å²) in [5.74, 6) is 0. The zero-order chi connectivity index (χ0) is 41.5. The van der Waals surface area contributed by atoms with Gasteiger partial charge in [-0.05, 0) is 128 Å². The van der Waals surface area contributed by atoms with E-state index in [9.17, 15) is 0 Å². The van der Waals surface area contributed by atoms with Crippen molar-refractivity contribution in [3.05, 3.63) is 265 Å². The number of hydrogen-bond donors (Lipinski definition) is 0. The van der Waals surface area contributed by atoms with Crippen LogP contribution in [-0.2, 0) is 5.41 Å². The van der Waals surface area contributed by atoms with Gasteiger partial charge in [0, 0.05) is 32.9 Å². The summed E-state index contributed by atoms with van der Waals surface area (Å²) in [6.45, 7) is 0. The molecule has 2 aromatic heterocycles. The van der Waals surface area contributed by atoms with Crippen LogP contribution in [0.4, 0.5) is 0 Å². The lowest BCUT2D eigenvalue weighted by Crippen LogP contribution is -2.28. The van der Waals surface area contributed by atoms with Crippen LogP contribution in [0.25, 0.3) is 88.4 Å². The van der Waals surface area contributed by atoms with E-state index in [1.54, 1.807) is 0 Å². The Balaban J connectivity index is 1.07. The molecule has 294 valence electrons. The fourth-order valence-electron chi connectivity index (χ4n) is 10.9. The first kappa shape index (κ1) is 35.5. The van der Waals surface area contributed by atoms with Crippen LogP contribution in [0.1, 0.15) is 22.3 Å². The largest absolute Gasteiger partial charge is 0.309 e. The Morgan fingerprint density at radius 3 is 1.16 bits per heavy atom. The average Bonchev–Trinajstić information content (AvgIpc) is 3.97. The van der Waals surface area contributed by atoms with Crippen molar-refractivity contribution in [3.8, 4) is 44.8 Å². The van der Waals surface area contributed by atoms with E-state index in [1.165, 1.54) is 99.2 Å². The van der Waals surface area contributed by atoms with Crippen molar-refractivity contribution in [2.24, 2.45) is 0 Å². The smallest absolute Gasteiger partial charge is 0.0714 e. The second-order valence-corrected chi connectivity index (χ2v) is 16.8. The highest BCUT2D eigenvalue weighted by molar-refractivity contribution is 6.14. The average molecular weight is 801 g/mol. The Hall–Kier alpha value is -8.20. The second kappa shape index (κ2) is 13.9. The lowest BCUT2D eigenvalue weighted by atomic mass is 9.67. The molecule has 0 unspecified atom stereocenters. The van der Waals surface area contributed by atoms with Gasteiger partial charge in [0.05, 0.1) is 27.5 Å². The van der Waals surface area contributed by atoms with Gasteiger partial charge in [-0.3, -0.25) is 0 Å². The summed E-state index contributed by atoms with van der Waals surface area (Å²) in [5, 5.41) is 4.97. The van der Waals surface area contributed by atoms with E-state index >= 15 is 0 Å². The predicted octanol–water partition coefficient (Wildman–Crippen LogP) is 15.6. The van der Waals surface area contributed by atoms with Crippen LogP contribution >= 0.6 is 0 Å². The van der Waals surface area contributed by atoms with Gasteiger partial charge in [-0.2, -0.15) is 0 Å². The first-order chi connectivity index (χ1) is 31.3. The zero-order valence-corrected chi connectivity index (χ0v) is 34.5. The number of rotatable bonds is 6. The van der Waals surface area contributed by atoms with Crippen molar-refractivity contribution >= 4 is 43.6 Å². The number of hydrogen-bond acceptors (Lipinski definition) is 0. The van der Waals surface area contributed by atoms with Gasteiger partial charge in [-0.1, -0.05) is 170 Å². The van der Waals surface area contributed by atoms with Crippen LogP contribution in [0.3, 0.4) is 0 Å². The second-order valence-electron chi connectivity index (χ2n) is 16.8. The van der Waals surface area contributed by atoms with E-state index in [2.05, 4.69) is 252 Å². The molecule has 0 spiro atoms. The number of nitrogens with zero attached hydrogens (tertiary/aromatic N) is 2. The van der Waals surface area contributed by atoms with Crippen LogP contribution in [0.2, 0.25) is 0 Å². The molecule has 0 fully saturated rings. The standard InChI is InChI=1S/C61H40N2/c1-6-18-41(19-7-1)42-30-33-57-51(36-42)52-37-43(31-34-58(52)62(57)47-24-12-4-13-25-47)44-32-35-59-53(38-44)54-39-50-49-28-16-17-29-55(49)61(45-20-8-2-9-21-45,46-22-10-3-11-23-46)56(50)40-60(54)63(59)48-26-14-5-15-27-48/h1-40H. The maximum atomic E-state index is 2.51. The van der Waals surface area contributed by atoms with E-state index in [0.29, 0.717) is 0 Å². The van der Waals surface area contributed by atoms with E-state index in [-0.39, 0.29) is 0 Å². The first-order valence-corrected chi connectivity index (χ1v) is 21.8. The Kier molecular flexibility index (Phi) is 7.85. The molecule has 13 rings (SSSR count). The summed E-state index contributed by atoms with van der Waals surface area (Å²) in [4.78, 5) is 0. The van der Waals surface area contributed by atoms with Crippen molar-refractivity contribution in [1.82, 2.24) is 9.13 Å². The molecule has 2 nitrogen and oxygen atoms in total. The minimum atomic E-state index is -0.486. The molecule has 0 amide bonds.